The van der Waals surface area contributed by atoms with E-state index in [1.165, 1.54) is 12.1 Å². The predicted molar refractivity (Wildman–Crippen MR) is 66.5 cm³/mol. The van der Waals surface area contributed by atoms with Gasteiger partial charge in [-0.3, -0.25) is 10.1 Å². The largest absolute Gasteiger partial charge is 0.439 e. The summed E-state index contributed by atoms with van der Waals surface area (Å²) in [7, 11) is 0. The Bertz CT molecular complexity index is 662. The molecular formula is C12H8N4O3. The number of nitriles is 1. The number of hydrogen-bond acceptors (Lipinski definition) is 6. The van der Waals surface area contributed by atoms with Gasteiger partial charge in [-0.2, -0.15) is 10.2 Å². The number of pyridine rings is 1. The molecule has 0 saturated carbocycles. The maximum atomic E-state index is 10.6. The molecule has 0 bridgehead atoms. The summed E-state index contributed by atoms with van der Waals surface area (Å²) in [6.07, 6.45) is 0. The van der Waals surface area contributed by atoms with Crippen LogP contribution in [0.3, 0.4) is 0 Å². The van der Waals surface area contributed by atoms with Crippen LogP contribution >= 0.6 is 0 Å². The Balaban J connectivity index is 2.21. The van der Waals surface area contributed by atoms with Crippen LogP contribution in [0.25, 0.3) is 0 Å². The average Bonchev–Trinajstić information content (AvgIpc) is 2.39. The highest BCUT2D eigenvalue weighted by Gasteiger charge is 2.13. The monoisotopic (exact) mass is 256 g/mol. The Labute approximate surface area is 108 Å². The molecular weight excluding hydrogens is 248 g/mol. The van der Waals surface area contributed by atoms with Gasteiger partial charge in [0.05, 0.1) is 16.6 Å². The lowest BCUT2D eigenvalue weighted by molar-refractivity contribution is -0.384. The summed E-state index contributed by atoms with van der Waals surface area (Å²) in [5.74, 6) is 0.392. The van der Waals surface area contributed by atoms with Gasteiger partial charge in [-0.25, -0.2) is 0 Å². The smallest absolute Gasteiger partial charge is 0.311 e. The van der Waals surface area contributed by atoms with Gasteiger partial charge in [-0.05, 0) is 24.3 Å². The Kier molecular flexibility index (Phi) is 3.25. The summed E-state index contributed by atoms with van der Waals surface area (Å²) in [6, 6.07) is 10.9. The molecule has 0 atom stereocenters. The van der Waals surface area contributed by atoms with E-state index in [0.29, 0.717) is 11.3 Å². The molecule has 1 aromatic heterocycles. The number of aromatic nitrogens is 1. The third kappa shape index (κ3) is 2.76. The number of rotatable bonds is 3. The lowest BCUT2D eigenvalue weighted by Crippen LogP contribution is -1.99. The second kappa shape index (κ2) is 5.01. The number of benzene rings is 1. The van der Waals surface area contributed by atoms with Crippen molar-refractivity contribution in [1.82, 2.24) is 4.98 Å². The van der Waals surface area contributed by atoms with Crippen molar-refractivity contribution in [3.8, 4) is 17.7 Å². The molecule has 0 saturated heterocycles. The molecule has 7 nitrogen and oxygen atoms in total. The highest BCUT2D eigenvalue weighted by atomic mass is 16.6. The molecule has 0 aliphatic carbocycles. The van der Waals surface area contributed by atoms with Crippen molar-refractivity contribution in [3.63, 3.8) is 0 Å². The maximum Gasteiger partial charge on any atom is 0.311 e. The van der Waals surface area contributed by atoms with E-state index in [-0.39, 0.29) is 17.4 Å². The molecule has 2 aromatic rings. The zero-order chi connectivity index (χ0) is 13.8. The third-order valence-electron chi connectivity index (χ3n) is 2.28. The van der Waals surface area contributed by atoms with E-state index in [9.17, 15) is 10.1 Å². The van der Waals surface area contributed by atoms with Crippen LogP contribution < -0.4 is 10.5 Å². The van der Waals surface area contributed by atoms with Crippen molar-refractivity contribution >= 4 is 11.5 Å². The highest BCUT2D eigenvalue weighted by Crippen LogP contribution is 2.25. The molecule has 7 heteroatoms. The fraction of sp³-hybridized carbons (Fsp3) is 0. The number of hydrogen-bond donors (Lipinski definition) is 1. The number of ether oxygens (including phenoxy) is 1. The maximum absolute atomic E-state index is 10.6. The zero-order valence-corrected chi connectivity index (χ0v) is 9.61. The summed E-state index contributed by atoms with van der Waals surface area (Å²) < 4.78 is 5.37. The SMILES string of the molecule is N#Cc1ccc(Oc2ccc([N+](=O)[O-])c(N)n2)cc1. The molecule has 0 spiro atoms. The fourth-order valence-electron chi connectivity index (χ4n) is 1.38. The van der Waals surface area contributed by atoms with Gasteiger partial charge < -0.3 is 10.5 Å². The first kappa shape index (κ1) is 12.3. The van der Waals surface area contributed by atoms with E-state index in [1.807, 2.05) is 6.07 Å². The van der Waals surface area contributed by atoms with Crippen molar-refractivity contribution in [2.45, 2.75) is 0 Å². The van der Waals surface area contributed by atoms with E-state index in [0.717, 1.165) is 0 Å². The summed E-state index contributed by atoms with van der Waals surface area (Å²) in [5.41, 5.74) is 5.68. The first-order valence-electron chi connectivity index (χ1n) is 5.19. The molecule has 0 aliphatic heterocycles. The second-order valence-electron chi connectivity index (χ2n) is 3.55. The van der Waals surface area contributed by atoms with Crippen LogP contribution in [-0.4, -0.2) is 9.91 Å². The Hall–Kier alpha value is -3.14. The van der Waals surface area contributed by atoms with Gasteiger partial charge in [0.15, 0.2) is 0 Å². The molecule has 2 rings (SSSR count). The van der Waals surface area contributed by atoms with Crippen LogP contribution in [0, 0.1) is 21.4 Å². The van der Waals surface area contributed by atoms with Crippen LogP contribution in [0.5, 0.6) is 11.6 Å². The van der Waals surface area contributed by atoms with Gasteiger partial charge in [0, 0.05) is 12.1 Å². The number of nitro groups is 1. The van der Waals surface area contributed by atoms with E-state index in [1.54, 1.807) is 24.3 Å². The van der Waals surface area contributed by atoms with Crippen molar-refractivity contribution in [2.24, 2.45) is 0 Å². The van der Waals surface area contributed by atoms with E-state index in [2.05, 4.69) is 4.98 Å². The number of nitrogens with two attached hydrogens (primary N) is 1. The summed E-state index contributed by atoms with van der Waals surface area (Å²) in [4.78, 5) is 13.7. The molecule has 0 unspecified atom stereocenters. The molecule has 1 aromatic carbocycles. The van der Waals surface area contributed by atoms with E-state index in [4.69, 9.17) is 15.7 Å². The molecule has 94 valence electrons. The van der Waals surface area contributed by atoms with Gasteiger partial charge in [-0.1, -0.05) is 0 Å². The normalized spacial score (nSPS) is 9.63. The first-order chi connectivity index (χ1) is 9.10. The lowest BCUT2D eigenvalue weighted by atomic mass is 10.2. The topological polar surface area (TPSA) is 115 Å². The van der Waals surface area contributed by atoms with Crippen molar-refractivity contribution in [3.05, 3.63) is 52.1 Å². The summed E-state index contributed by atoms with van der Waals surface area (Å²) in [5, 5.41) is 19.2. The van der Waals surface area contributed by atoms with Crippen LogP contribution in [0.15, 0.2) is 36.4 Å². The summed E-state index contributed by atoms with van der Waals surface area (Å²) in [6.45, 7) is 0. The van der Waals surface area contributed by atoms with Crippen molar-refractivity contribution in [1.29, 1.82) is 5.26 Å². The third-order valence-corrected chi connectivity index (χ3v) is 2.28. The van der Waals surface area contributed by atoms with Gasteiger partial charge in [0.2, 0.25) is 11.7 Å². The Morgan fingerprint density at radius 2 is 1.95 bits per heavy atom. The molecule has 2 N–H and O–H groups in total. The highest BCUT2D eigenvalue weighted by molar-refractivity contribution is 5.53. The van der Waals surface area contributed by atoms with Gasteiger partial charge >= 0.3 is 5.69 Å². The standard InChI is InChI=1S/C12H8N4O3/c13-7-8-1-3-9(4-2-8)19-11-6-5-10(16(17)18)12(14)15-11/h1-6H,(H2,14,15). The summed E-state index contributed by atoms with van der Waals surface area (Å²) >= 11 is 0. The number of nitrogen functional groups attached to an aromatic ring is 1. The molecule has 0 radical (unpaired) electrons. The lowest BCUT2D eigenvalue weighted by Gasteiger charge is -2.05. The van der Waals surface area contributed by atoms with Gasteiger partial charge in [0.25, 0.3) is 0 Å². The van der Waals surface area contributed by atoms with Crippen LogP contribution in [-0.2, 0) is 0 Å². The number of nitrogens with zero attached hydrogens (tertiary/aromatic N) is 3. The van der Waals surface area contributed by atoms with Crippen molar-refractivity contribution in [2.75, 3.05) is 5.73 Å². The first-order valence-corrected chi connectivity index (χ1v) is 5.19. The van der Waals surface area contributed by atoms with Crippen LogP contribution in [0.1, 0.15) is 5.56 Å². The minimum absolute atomic E-state index is 0.146. The minimum Gasteiger partial charge on any atom is -0.439 e. The second-order valence-corrected chi connectivity index (χ2v) is 3.55. The van der Waals surface area contributed by atoms with E-state index < -0.39 is 4.92 Å². The molecule has 0 amide bonds. The number of anilines is 1. The van der Waals surface area contributed by atoms with Gasteiger partial charge in [0.1, 0.15) is 5.75 Å². The van der Waals surface area contributed by atoms with Crippen LogP contribution in [0.4, 0.5) is 11.5 Å². The Morgan fingerprint density at radius 3 is 2.47 bits per heavy atom. The molecule has 19 heavy (non-hydrogen) atoms. The molecule has 1 heterocycles. The molecule has 0 fully saturated rings. The zero-order valence-electron chi connectivity index (χ0n) is 9.61. The average molecular weight is 256 g/mol. The van der Waals surface area contributed by atoms with Crippen molar-refractivity contribution < 1.29 is 9.66 Å². The van der Waals surface area contributed by atoms with E-state index >= 15 is 0 Å². The fourth-order valence-corrected chi connectivity index (χ4v) is 1.38. The predicted octanol–water partition coefficient (Wildman–Crippen LogP) is 2.24. The quantitative estimate of drug-likeness (QED) is 0.665. The molecule has 0 aliphatic rings. The minimum atomic E-state index is -0.617. The Morgan fingerprint density at radius 1 is 1.26 bits per heavy atom. The van der Waals surface area contributed by atoms with Crippen LogP contribution in [0.2, 0.25) is 0 Å². The van der Waals surface area contributed by atoms with Gasteiger partial charge in [-0.15, -0.1) is 0 Å².